The van der Waals surface area contributed by atoms with Gasteiger partial charge in [0.15, 0.2) is 0 Å². The number of amides is 12. The Labute approximate surface area is 430 Å². The zero-order valence-electron chi connectivity index (χ0n) is 41.5. The fraction of sp³-hybridized carbons (Fsp3) is 0.469. The average Bonchev–Trinajstić information content (AvgIpc) is 4.03. The third kappa shape index (κ3) is 16.7. The number of aromatic amines is 1. The van der Waals surface area contributed by atoms with Gasteiger partial charge in [0, 0.05) is 62.3 Å². The number of aromatic hydroxyl groups is 1. The number of benzene rings is 2. The van der Waals surface area contributed by atoms with Crippen LogP contribution in [0.15, 0.2) is 54.7 Å². The molecule has 26 nitrogen and oxygen atoms in total. The second-order valence-corrected chi connectivity index (χ2v) is 18.5. The van der Waals surface area contributed by atoms with Crippen molar-refractivity contribution < 1.29 is 62.6 Å². The number of H-pyrrole nitrogens is 1. The molecule has 0 aliphatic carbocycles. The van der Waals surface area contributed by atoms with Gasteiger partial charge in [-0.1, -0.05) is 50.6 Å². The molecule has 5 rings (SSSR count). The number of phenols is 1. The molecule has 8 atom stereocenters. The SMILES string of the molecule is CCC(C)C1NC(=O)[C@H](Cc2ccc(O)cc2)NC(=O)CCC(=O)NC[C@@H](C(=O)N2CCCC2C(=O)N[C@@H](Cc2c[nH]c3ccccc23)C(=O)NCC(N)=O)NC(=O)[C@H](CC(N)=O)NC(=O)[C@H](CCC(N)=O)NC1=O. The lowest BCUT2D eigenvalue weighted by Crippen LogP contribution is -2.62. The Balaban J connectivity index is 1.47. The highest BCUT2D eigenvalue weighted by Crippen LogP contribution is 2.22. The molecular weight excluding hydrogens is 979 g/mol. The number of likely N-dealkylation sites (tertiary alicyclic amines) is 1. The van der Waals surface area contributed by atoms with Gasteiger partial charge >= 0.3 is 0 Å². The van der Waals surface area contributed by atoms with Crippen LogP contribution in [0.2, 0.25) is 0 Å². The average molecular weight is 1040 g/mol. The summed E-state index contributed by atoms with van der Waals surface area (Å²) in [6.45, 7) is 2.08. The van der Waals surface area contributed by atoms with Gasteiger partial charge in [0.1, 0.15) is 48.0 Å². The van der Waals surface area contributed by atoms with Gasteiger partial charge in [-0.05, 0) is 54.5 Å². The standard InChI is InChI=1S/C49H65N13O13/c1-3-25(2)42-48(74)57-31(14-15-37(50)64)44(70)58-34(21-38(51)65)45(71)60-35(23-54-40(67)16-17-41(68)56-32(46(72)61-42)19-26-10-12-28(63)13-11-26)49(75)62-18-6-9-36(62)47(73)59-33(43(69)55-24-39(52)66)20-27-22-53-30-8-5-4-7-29(27)30/h4-5,7-8,10-13,22,25,31-36,42,53,63H,3,6,9,14-21,23-24H2,1-2H3,(H2,50,64)(H2,51,65)(H2,52,66)(H,54,67)(H,55,69)(H,56,68)(H,57,74)(H,58,70)(H,59,73)(H,60,71)(H,61,72)/t25?,31-,32-,33-,34-,35-,36?,42?/m0/s1. The van der Waals surface area contributed by atoms with E-state index in [0.29, 0.717) is 17.5 Å². The number of carbonyl (C=O) groups is 12. The second-order valence-electron chi connectivity index (χ2n) is 18.5. The number of nitrogens with one attached hydrogen (secondary N) is 9. The van der Waals surface area contributed by atoms with Gasteiger partial charge in [-0.3, -0.25) is 57.5 Å². The fourth-order valence-corrected chi connectivity index (χ4v) is 8.60. The van der Waals surface area contributed by atoms with Gasteiger partial charge in [0.2, 0.25) is 70.9 Å². The Morgan fingerprint density at radius 3 is 2.12 bits per heavy atom. The highest BCUT2D eigenvalue weighted by molar-refractivity contribution is 6.00. The molecule has 0 saturated carbocycles. The molecule has 0 bridgehead atoms. The van der Waals surface area contributed by atoms with Gasteiger partial charge in [0.25, 0.3) is 0 Å². The van der Waals surface area contributed by atoms with Crippen molar-refractivity contribution in [2.24, 2.45) is 23.1 Å². The summed E-state index contributed by atoms with van der Waals surface area (Å²) >= 11 is 0. The number of nitrogens with zero attached hydrogens (tertiary/aromatic N) is 1. The molecule has 2 fully saturated rings. The molecule has 0 spiro atoms. The summed E-state index contributed by atoms with van der Waals surface area (Å²) in [4.78, 5) is 166. The first-order valence-corrected chi connectivity index (χ1v) is 24.5. The smallest absolute Gasteiger partial charge is 0.247 e. The minimum atomic E-state index is -1.85. The Kier molecular flexibility index (Phi) is 20.6. The summed E-state index contributed by atoms with van der Waals surface area (Å²) in [6.07, 6.45) is -0.671. The Hall–Kier alpha value is -8.58. The van der Waals surface area contributed by atoms with Gasteiger partial charge in [0.05, 0.1) is 13.0 Å². The number of fused-ring (bicyclic) bond motifs is 1. The largest absolute Gasteiger partial charge is 0.508 e. The van der Waals surface area contributed by atoms with Crippen LogP contribution in [0.1, 0.15) is 76.3 Å². The minimum Gasteiger partial charge on any atom is -0.508 e. The topological polar surface area (TPSA) is 418 Å². The molecular formula is C49H65N13O13. The molecule has 16 N–H and O–H groups in total. The summed E-state index contributed by atoms with van der Waals surface area (Å²) < 4.78 is 0. The number of hydrogen-bond donors (Lipinski definition) is 13. The summed E-state index contributed by atoms with van der Waals surface area (Å²) in [5.41, 5.74) is 18.1. The lowest BCUT2D eigenvalue weighted by Gasteiger charge is -2.31. The molecule has 2 aromatic carbocycles. The van der Waals surface area contributed by atoms with Gasteiger partial charge < -0.3 is 74.7 Å². The van der Waals surface area contributed by atoms with Crippen molar-refractivity contribution in [2.45, 2.75) is 120 Å². The van der Waals surface area contributed by atoms with E-state index in [2.05, 4.69) is 47.5 Å². The predicted octanol–water partition coefficient (Wildman–Crippen LogP) is -3.74. The number of para-hydroxylation sites is 1. The zero-order chi connectivity index (χ0) is 54.9. The Morgan fingerprint density at radius 1 is 0.773 bits per heavy atom. The quantitative estimate of drug-likeness (QED) is 0.0619. The third-order valence-corrected chi connectivity index (χ3v) is 12.9. The highest BCUT2D eigenvalue weighted by Gasteiger charge is 2.41. The van der Waals surface area contributed by atoms with Gasteiger partial charge in [-0.15, -0.1) is 0 Å². The lowest BCUT2D eigenvalue weighted by molar-refractivity contribution is -0.142. The van der Waals surface area contributed by atoms with Crippen LogP contribution in [-0.4, -0.2) is 148 Å². The van der Waals surface area contributed by atoms with E-state index in [9.17, 15) is 62.6 Å². The maximum Gasteiger partial charge on any atom is 0.247 e. The molecule has 2 aliphatic heterocycles. The lowest BCUT2D eigenvalue weighted by atomic mass is 9.96. The summed E-state index contributed by atoms with van der Waals surface area (Å²) in [5.74, 6) is -11.6. The van der Waals surface area contributed by atoms with Crippen LogP contribution >= 0.6 is 0 Å². The first kappa shape index (κ1) is 57.3. The van der Waals surface area contributed by atoms with Crippen molar-refractivity contribution in [2.75, 3.05) is 19.6 Å². The van der Waals surface area contributed by atoms with E-state index in [0.717, 1.165) is 15.8 Å². The first-order chi connectivity index (χ1) is 35.6. The van der Waals surface area contributed by atoms with Crippen LogP contribution < -0.4 is 59.7 Å². The fourth-order valence-electron chi connectivity index (χ4n) is 8.60. The number of carbonyl (C=O) groups excluding carboxylic acids is 12. The molecule has 404 valence electrons. The molecule has 12 amide bonds. The molecule has 3 heterocycles. The highest BCUT2D eigenvalue weighted by atomic mass is 16.3. The molecule has 75 heavy (non-hydrogen) atoms. The van der Waals surface area contributed by atoms with Gasteiger partial charge in [-0.25, -0.2) is 0 Å². The van der Waals surface area contributed by atoms with Crippen LogP contribution in [-0.2, 0) is 70.4 Å². The second kappa shape index (κ2) is 26.9. The number of hydrogen-bond acceptors (Lipinski definition) is 13. The van der Waals surface area contributed by atoms with Crippen LogP contribution in [0.3, 0.4) is 0 Å². The molecule has 26 heteroatoms. The monoisotopic (exact) mass is 1040 g/mol. The van der Waals surface area contributed by atoms with E-state index >= 15 is 0 Å². The first-order valence-electron chi connectivity index (χ1n) is 24.5. The van der Waals surface area contributed by atoms with Crippen molar-refractivity contribution >= 4 is 81.8 Å². The predicted molar refractivity (Wildman–Crippen MR) is 266 cm³/mol. The van der Waals surface area contributed by atoms with Crippen molar-refractivity contribution in [3.8, 4) is 5.75 Å². The van der Waals surface area contributed by atoms with Crippen molar-refractivity contribution in [3.05, 3.63) is 65.9 Å². The summed E-state index contributed by atoms with van der Waals surface area (Å²) in [5, 5.41) is 30.7. The van der Waals surface area contributed by atoms with E-state index in [1.807, 2.05) is 6.07 Å². The number of nitrogens with two attached hydrogens (primary N) is 3. The third-order valence-electron chi connectivity index (χ3n) is 12.9. The number of primary amides is 3. The number of phenolic OH excluding ortho intramolecular Hbond substituents is 1. The van der Waals surface area contributed by atoms with Crippen molar-refractivity contribution in [1.82, 2.24) is 52.4 Å². The van der Waals surface area contributed by atoms with Gasteiger partial charge in [-0.2, -0.15) is 0 Å². The molecule has 0 radical (unpaired) electrons. The van der Waals surface area contributed by atoms with Crippen molar-refractivity contribution in [1.29, 1.82) is 0 Å². The molecule has 1 aromatic heterocycles. The zero-order valence-corrected chi connectivity index (χ0v) is 41.5. The van der Waals surface area contributed by atoms with Crippen LogP contribution in [0, 0.1) is 5.92 Å². The molecule has 3 unspecified atom stereocenters. The van der Waals surface area contributed by atoms with E-state index < -0.39 is 164 Å². The van der Waals surface area contributed by atoms with E-state index in [-0.39, 0.29) is 38.0 Å². The maximum absolute atomic E-state index is 14.6. The summed E-state index contributed by atoms with van der Waals surface area (Å²) in [6, 6.07) is 2.48. The number of aromatic nitrogens is 1. The van der Waals surface area contributed by atoms with E-state index in [4.69, 9.17) is 17.2 Å². The van der Waals surface area contributed by atoms with Crippen LogP contribution in [0.5, 0.6) is 5.75 Å². The Morgan fingerprint density at radius 2 is 1.44 bits per heavy atom. The molecule has 3 aromatic rings. The van der Waals surface area contributed by atoms with E-state index in [1.165, 1.54) is 24.3 Å². The van der Waals surface area contributed by atoms with E-state index in [1.54, 1.807) is 38.2 Å². The Bertz CT molecular complexity index is 2640. The number of rotatable bonds is 17. The van der Waals surface area contributed by atoms with Crippen LogP contribution in [0.25, 0.3) is 10.9 Å². The minimum absolute atomic E-state index is 0.0579. The summed E-state index contributed by atoms with van der Waals surface area (Å²) in [7, 11) is 0. The molecule has 2 aliphatic rings. The normalized spacial score (nSPS) is 22.2. The maximum atomic E-state index is 14.6. The van der Waals surface area contributed by atoms with Crippen LogP contribution in [0.4, 0.5) is 0 Å². The van der Waals surface area contributed by atoms with Crippen molar-refractivity contribution in [3.63, 3.8) is 0 Å². The molecule has 2 saturated heterocycles.